The van der Waals surface area contributed by atoms with Crippen LogP contribution in [0.4, 0.5) is 0 Å². The summed E-state index contributed by atoms with van der Waals surface area (Å²) in [5.41, 5.74) is 5.21. The van der Waals surface area contributed by atoms with E-state index in [1.807, 2.05) is 36.4 Å². The highest BCUT2D eigenvalue weighted by Crippen LogP contribution is 2.37. The molecule has 0 aliphatic carbocycles. The van der Waals surface area contributed by atoms with Gasteiger partial charge in [-0.3, -0.25) is 0 Å². The Morgan fingerprint density at radius 1 is 0.619 bits per heavy atom. The second-order valence-corrected chi connectivity index (χ2v) is 12.9. The van der Waals surface area contributed by atoms with Gasteiger partial charge in [0.2, 0.25) is 0 Å². The molecule has 0 N–H and O–H groups in total. The lowest BCUT2D eigenvalue weighted by Gasteiger charge is -2.17. The first-order valence-electron chi connectivity index (χ1n) is 15.6. The number of rotatable bonds is 16. The summed E-state index contributed by atoms with van der Waals surface area (Å²) in [5, 5.41) is 0. The third kappa shape index (κ3) is 8.57. The number of fused-ring (bicyclic) bond motifs is 1. The van der Waals surface area contributed by atoms with Crippen molar-refractivity contribution < 1.29 is 9.47 Å². The van der Waals surface area contributed by atoms with E-state index in [1.165, 1.54) is 38.5 Å². The van der Waals surface area contributed by atoms with Gasteiger partial charge in [0.1, 0.15) is 22.5 Å². The lowest BCUT2D eigenvalue weighted by atomic mass is 10.0. The molecule has 2 atom stereocenters. The highest BCUT2D eigenvalue weighted by Gasteiger charge is 2.18. The van der Waals surface area contributed by atoms with Crippen LogP contribution in [0, 0.1) is 11.8 Å². The third-order valence-electron chi connectivity index (χ3n) is 8.00. The predicted octanol–water partition coefficient (Wildman–Crippen LogP) is 11.7. The second-order valence-electron chi connectivity index (χ2n) is 11.2. The van der Waals surface area contributed by atoms with Crippen LogP contribution in [0.25, 0.3) is 33.5 Å². The van der Waals surface area contributed by atoms with Crippen molar-refractivity contribution in [2.24, 2.45) is 11.8 Å². The van der Waals surface area contributed by atoms with Gasteiger partial charge in [-0.2, -0.15) is 0 Å². The summed E-state index contributed by atoms with van der Waals surface area (Å²) in [6, 6.07) is 20.5. The van der Waals surface area contributed by atoms with Crippen LogP contribution in [0.15, 0.2) is 69.6 Å². The highest BCUT2D eigenvalue weighted by atomic mass is 79.9. The van der Waals surface area contributed by atoms with Crippen LogP contribution >= 0.6 is 31.9 Å². The number of ether oxygens (including phenoxy) is 2. The topological polar surface area (TPSA) is 44.2 Å². The van der Waals surface area contributed by atoms with Crippen molar-refractivity contribution in [2.45, 2.75) is 79.1 Å². The minimum Gasteiger partial charge on any atom is -0.493 e. The first-order valence-corrected chi connectivity index (χ1v) is 17.2. The molecule has 0 aliphatic rings. The van der Waals surface area contributed by atoms with E-state index in [1.54, 1.807) is 0 Å². The van der Waals surface area contributed by atoms with Crippen molar-refractivity contribution in [3.8, 4) is 34.0 Å². The molecule has 0 amide bonds. The third-order valence-corrected chi connectivity index (χ3v) is 9.28. The van der Waals surface area contributed by atoms with E-state index in [4.69, 9.17) is 19.4 Å². The number of nitrogens with zero attached hydrogens (tertiary/aromatic N) is 2. The Hall–Kier alpha value is -2.44. The van der Waals surface area contributed by atoms with Crippen LogP contribution in [0.3, 0.4) is 0 Å². The van der Waals surface area contributed by atoms with Crippen molar-refractivity contribution in [3.63, 3.8) is 0 Å². The van der Waals surface area contributed by atoms with Crippen molar-refractivity contribution >= 4 is 42.9 Å². The summed E-state index contributed by atoms with van der Waals surface area (Å²) in [6.45, 7) is 10.4. The zero-order chi connectivity index (χ0) is 29.9. The molecule has 0 bridgehead atoms. The monoisotopic (exact) mass is 694 g/mol. The van der Waals surface area contributed by atoms with Gasteiger partial charge in [-0.1, -0.05) is 90.5 Å². The van der Waals surface area contributed by atoms with E-state index < -0.39 is 0 Å². The molecule has 0 fully saturated rings. The lowest BCUT2D eigenvalue weighted by molar-refractivity contribution is 0.233. The van der Waals surface area contributed by atoms with Crippen LogP contribution in [-0.2, 0) is 0 Å². The van der Waals surface area contributed by atoms with Gasteiger partial charge >= 0.3 is 0 Å². The molecule has 1 heterocycles. The van der Waals surface area contributed by atoms with E-state index in [-0.39, 0.29) is 0 Å². The zero-order valence-electron chi connectivity index (χ0n) is 25.5. The zero-order valence-corrected chi connectivity index (χ0v) is 28.6. The molecule has 6 heteroatoms. The summed E-state index contributed by atoms with van der Waals surface area (Å²) in [6.07, 6.45) is 9.55. The molecule has 224 valence electrons. The average molecular weight is 697 g/mol. The van der Waals surface area contributed by atoms with Crippen molar-refractivity contribution in [1.82, 2.24) is 9.97 Å². The average Bonchev–Trinajstić information content (AvgIpc) is 3.03. The SMILES string of the molecule is CCCCC(CC)COc1cccc(-c2nc3c(Br)ccc(Br)c3nc2-c2cccc(OCC(CC)CCCC)c2)c1. The van der Waals surface area contributed by atoms with Crippen LogP contribution in [0.1, 0.15) is 79.1 Å². The summed E-state index contributed by atoms with van der Waals surface area (Å²) in [4.78, 5) is 10.4. The van der Waals surface area contributed by atoms with E-state index in [0.29, 0.717) is 11.8 Å². The number of benzene rings is 3. The smallest absolute Gasteiger partial charge is 0.119 e. The predicted molar refractivity (Wildman–Crippen MR) is 183 cm³/mol. The molecule has 4 nitrogen and oxygen atoms in total. The van der Waals surface area contributed by atoms with Crippen LogP contribution in [0.2, 0.25) is 0 Å². The number of aromatic nitrogens is 2. The second kappa shape index (κ2) is 16.4. The van der Waals surface area contributed by atoms with Crippen molar-refractivity contribution in [1.29, 1.82) is 0 Å². The summed E-state index contributed by atoms with van der Waals surface area (Å²) in [7, 11) is 0. The first kappa shape index (κ1) is 32.5. The van der Waals surface area contributed by atoms with Gasteiger partial charge in [0.25, 0.3) is 0 Å². The van der Waals surface area contributed by atoms with Gasteiger partial charge in [-0.25, -0.2) is 9.97 Å². The van der Waals surface area contributed by atoms with Gasteiger partial charge < -0.3 is 9.47 Å². The molecule has 0 radical (unpaired) electrons. The van der Waals surface area contributed by atoms with E-state index in [0.717, 1.165) is 80.0 Å². The Labute approximate surface area is 268 Å². The molecule has 4 rings (SSSR count). The van der Waals surface area contributed by atoms with Gasteiger partial charge in [-0.15, -0.1) is 0 Å². The molecule has 1 aromatic heterocycles. The fourth-order valence-corrected chi connectivity index (χ4v) is 5.98. The first-order chi connectivity index (χ1) is 20.5. The molecule has 0 aliphatic heterocycles. The van der Waals surface area contributed by atoms with Gasteiger partial charge in [0, 0.05) is 20.1 Å². The minimum atomic E-state index is 0.565. The minimum absolute atomic E-state index is 0.565. The van der Waals surface area contributed by atoms with Crippen LogP contribution < -0.4 is 9.47 Å². The normalized spacial score (nSPS) is 12.8. The number of hydrogen-bond donors (Lipinski definition) is 0. The lowest BCUT2D eigenvalue weighted by Crippen LogP contribution is -2.11. The van der Waals surface area contributed by atoms with Crippen LogP contribution in [0.5, 0.6) is 11.5 Å². The standard InChI is InChI=1S/C36H44Br2N2O2/c1-5-9-13-25(7-3)23-41-29-17-11-15-27(21-29)33-34(40-36-32(38)20-19-31(37)35(36)39-33)28-16-12-18-30(22-28)42-24-26(8-4)14-10-6-2/h11-12,15-22,25-26H,5-10,13-14,23-24H2,1-4H3. The van der Waals surface area contributed by atoms with Crippen LogP contribution in [-0.4, -0.2) is 23.2 Å². The number of hydrogen-bond acceptors (Lipinski definition) is 4. The van der Waals surface area contributed by atoms with E-state index in [2.05, 4.69) is 83.8 Å². The van der Waals surface area contributed by atoms with Gasteiger partial charge in [-0.05, 0) is 92.9 Å². The molecular formula is C36H44Br2N2O2. The highest BCUT2D eigenvalue weighted by molar-refractivity contribution is 9.11. The molecule has 0 saturated carbocycles. The molecule has 0 spiro atoms. The summed E-state index contributed by atoms with van der Waals surface area (Å²) < 4.78 is 14.5. The maximum absolute atomic E-state index is 6.32. The Morgan fingerprint density at radius 3 is 1.43 bits per heavy atom. The maximum atomic E-state index is 6.32. The van der Waals surface area contributed by atoms with E-state index >= 15 is 0 Å². The molecule has 0 saturated heterocycles. The Kier molecular flexibility index (Phi) is 12.7. The Morgan fingerprint density at radius 2 is 1.05 bits per heavy atom. The van der Waals surface area contributed by atoms with Gasteiger partial charge in [0.05, 0.1) is 24.6 Å². The fraction of sp³-hybridized carbons (Fsp3) is 0.444. The molecule has 42 heavy (non-hydrogen) atoms. The molecule has 3 aromatic carbocycles. The maximum Gasteiger partial charge on any atom is 0.119 e. The largest absolute Gasteiger partial charge is 0.493 e. The molecule has 2 unspecified atom stereocenters. The summed E-state index contributed by atoms with van der Waals surface area (Å²) >= 11 is 7.41. The van der Waals surface area contributed by atoms with E-state index in [9.17, 15) is 0 Å². The van der Waals surface area contributed by atoms with Crippen molar-refractivity contribution in [3.05, 3.63) is 69.6 Å². The van der Waals surface area contributed by atoms with Gasteiger partial charge in [0.15, 0.2) is 0 Å². The Balaban J connectivity index is 1.71. The number of unbranched alkanes of at least 4 members (excludes halogenated alkanes) is 2. The Bertz CT molecular complexity index is 1330. The summed E-state index contributed by atoms with van der Waals surface area (Å²) in [5.74, 6) is 2.85. The fourth-order valence-electron chi connectivity index (χ4n) is 5.17. The van der Waals surface area contributed by atoms with Crippen molar-refractivity contribution in [2.75, 3.05) is 13.2 Å². The molecular weight excluding hydrogens is 652 g/mol. The molecule has 4 aromatic rings. The quantitative estimate of drug-likeness (QED) is 0.117. The number of halogens is 2.